The van der Waals surface area contributed by atoms with Gasteiger partial charge in [0.15, 0.2) is 0 Å². The standard InChI is InChI=1S/C15H25F2N3/c1-4-20(9-5-8-19(2)3)15(11-18)13-7-6-12(16)10-14(13)17/h6-7,10,15H,4-5,8-9,11,18H2,1-3H3. The summed E-state index contributed by atoms with van der Waals surface area (Å²) in [6, 6.07) is 3.50. The smallest absolute Gasteiger partial charge is 0.130 e. The van der Waals surface area contributed by atoms with E-state index < -0.39 is 11.6 Å². The summed E-state index contributed by atoms with van der Waals surface area (Å²) >= 11 is 0. The summed E-state index contributed by atoms with van der Waals surface area (Å²) in [7, 11) is 4.05. The largest absolute Gasteiger partial charge is 0.329 e. The molecule has 0 aliphatic heterocycles. The number of nitrogens with zero attached hydrogens (tertiary/aromatic N) is 2. The normalized spacial score (nSPS) is 13.2. The van der Waals surface area contributed by atoms with Gasteiger partial charge in [-0.25, -0.2) is 8.78 Å². The zero-order valence-electron chi connectivity index (χ0n) is 12.6. The fourth-order valence-electron chi connectivity index (χ4n) is 2.37. The number of rotatable bonds is 8. The van der Waals surface area contributed by atoms with Crippen molar-refractivity contribution in [1.82, 2.24) is 9.80 Å². The van der Waals surface area contributed by atoms with Crippen molar-refractivity contribution in [2.24, 2.45) is 5.73 Å². The molecule has 0 saturated heterocycles. The minimum atomic E-state index is -0.558. The molecule has 20 heavy (non-hydrogen) atoms. The highest BCUT2D eigenvalue weighted by Crippen LogP contribution is 2.23. The summed E-state index contributed by atoms with van der Waals surface area (Å²) in [6.45, 7) is 4.94. The van der Waals surface area contributed by atoms with Crippen molar-refractivity contribution >= 4 is 0 Å². The molecule has 0 aliphatic rings. The van der Waals surface area contributed by atoms with Crippen LogP contribution in [0.2, 0.25) is 0 Å². The van der Waals surface area contributed by atoms with E-state index in [1.54, 1.807) is 0 Å². The number of halogens is 2. The van der Waals surface area contributed by atoms with Gasteiger partial charge in [-0.15, -0.1) is 0 Å². The SMILES string of the molecule is CCN(CCCN(C)C)C(CN)c1ccc(F)cc1F. The van der Waals surface area contributed by atoms with E-state index in [4.69, 9.17) is 5.73 Å². The first-order chi connectivity index (χ1) is 9.49. The third-order valence-electron chi connectivity index (χ3n) is 3.44. The number of benzene rings is 1. The van der Waals surface area contributed by atoms with E-state index >= 15 is 0 Å². The molecule has 1 atom stereocenters. The second-order valence-corrected chi connectivity index (χ2v) is 5.20. The van der Waals surface area contributed by atoms with Crippen LogP contribution in [0, 0.1) is 11.6 Å². The predicted octanol–water partition coefficient (Wildman–Crippen LogP) is 2.24. The van der Waals surface area contributed by atoms with Crippen LogP contribution in [0.25, 0.3) is 0 Å². The van der Waals surface area contributed by atoms with Crippen molar-refractivity contribution in [2.75, 3.05) is 40.3 Å². The highest BCUT2D eigenvalue weighted by atomic mass is 19.1. The molecule has 0 bridgehead atoms. The summed E-state index contributed by atoms with van der Waals surface area (Å²) in [4.78, 5) is 4.25. The highest BCUT2D eigenvalue weighted by molar-refractivity contribution is 5.22. The third kappa shape index (κ3) is 4.81. The lowest BCUT2D eigenvalue weighted by Crippen LogP contribution is -2.36. The lowest BCUT2D eigenvalue weighted by atomic mass is 10.0. The van der Waals surface area contributed by atoms with E-state index in [9.17, 15) is 8.78 Å². The van der Waals surface area contributed by atoms with Gasteiger partial charge < -0.3 is 10.6 Å². The second kappa shape index (κ2) is 8.29. The van der Waals surface area contributed by atoms with Gasteiger partial charge in [0, 0.05) is 30.8 Å². The predicted molar refractivity (Wildman–Crippen MR) is 78.6 cm³/mol. The van der Waals surface area contributed by atoms with E-state index in [1.165, 1.54) is 12.1 Å². The molecule has 0 amide bonds. The molecule has 5 heteroatoms. The lowest BCUT2D eigenvalue weighted by molar-refractivity contribution is 0.197. The molecule has 0 aliphatic carbocycles. The van der Waals surface area contributed by atoms with Gasteiger partial charge in [0.1, 0.15) is 11.6 Å². The van der Waals surface area contributed by atoms with Crippen LogP contribution >= 0.6 is 0 Å². The molecule has 1 aromatic carbocycles. The van der Waals surface area contributed by atoms with Crippen molar-refractivity contribution in [1.29, 1.82) is 0 Å². The average Bonchev–Trinajstić information content (AvgIpc) is 2.39. The molecule has 0 aromatic heterocycles. The summed E-state index contributed by atoms with van der Waals surface area (Å²) < 4.78 is 26.9. The van der Waals surface area contributed by atoms with E-state index in [-0.39, 0.29) is 6.04 Å². The van der Waals surface area contributed by atoms with Crippen molar-refractivity contribution in [3.05, 3.63) is 35.4 Å². The Morgan fingerprint density at radius 3 is 2.40 bits per heavy atom. The van der Waals surface area contributed by atoms with E-state index in [0.717, 1.165) is 32.1 Å². The maximum absolute atomic E-state index is 13.9. The number of likely N-dealkylation sites (N-methyl/N-ethyl adjacent to an activating group) is 1. The van der Waals surface area contributed by atoms with Crippen LogP contribution in [-0.2, 0) is 0 Å². The fraction of sp³-hybridized carbons (Fsp3) is 0.600. The van der Waals surface area contributed by atoms with Crippen molar-refractivity contribution in [3.63, 3.8) is 0 Å². The summed E-state index contributed by atoms with van der Waals surface area (Å²) in [6.07, 6.45) is 0.986. The molecule has 0 radical (unpaired) electrons. The summed E-state index contributed by atoms with van der Waals surface area (Å²) in [5.41, 5.74) is 6.28. The van der Waals surface area contributed by atoms with Crippen LogP contribution in [-0.4, -0.2) is 50.1 Å². The van der Waals surface area contributed by atoms with Crippen LogP contribution in [0.15, 0.2) is 18.2 Å². The Morgan fingerprint density at radius 2 is 1.90 bits per heavy atom. The number of nitrogens with two attached hydrogens (primary N) is 1. The Hall–Kier alpha value is -1.04. The Kier molecular flexibility index (Phi) is 7.05. The summed E-state index contributed by atoms with van der Waals surface area (Å²) in [5.74, 6) is -1.08. The van der Waals surface area contributed by atoms with Gasteiger partial charge in [-0.3, -0.25) is 4.90 Å². The molecule has 0 fully saturated rings. The van der Waals surface area contributed by atoms with Crippen LogP contribution in [0.5, 0.6) is 0 Å². The summed E-state index contributed by atoms with van der Waals surface area (Å²) in [5, 5.41) is 0. The maximum atomic E-state index is 13.9. The fourth-order valence-corrected chi connectivity index (χ4v) is 2.37. The van der Waals surface area contributed by atoms with Gasteiger partial charge in [-0.05, 0) is 39.7 Å². The molecule has 2 N–H and O–H groups in total. The molecule has 1 aromatic rings. The van der Waals surface area contributed by atoms with Gasteiger partial charge in [0.2, 0.25) is 0 Å². The first kappa shape index (κ1) is 17.0. The van der Waals surface area contributed by atoms with Crippen LogP contribution in [0.3, 0.4) is 0 Å². The Bertz CT molecular complexity index is 410. The molecule has 3 nitrogen and oxygen atoms in total. The maximum Gasteiger partial charge on any atom is 0.130 e. The monoisotopic (exact) mass is 285 g/mol. The van der Waals surface area contributed by atoms with Crippen LogP contribution < -0.4 is 5.73 Å². The number of hydrogen-bond donors (Lipinski definition) is 1. The number of hydrogen-bond acceptors (Lipinski definition) is 3. The topological polar surface area (TPSA) is 32.5 Å². The molecule has 114 valence electrons. The third-order valence-corrected chi connectivity index (χ3v) is 3.44. The van der Waals surface area contributed by atoms with Crippen molar-refractivity contribution < 1.29 is 8.78 Å². The van der Waals surface area contributed by atoms with E-state index in [1.807, 2.05) is 21.0 Å². The molecule has 0 saturated carbocycles. The zero-order valence-corrected chi connectivity index (χ0v) is 12.6. The quantitative estimate of drug-likeness (QED) is 0.795. The van der Waals surface area contributed by atoms with E-state index in [0.29, 0.717) is 12.1 Å². The van der Waals surface area contributed by atoms with E-state index in [2.05, 4.69) is 9.80 Å². The minimum absolute atomic E-state index is 0.206. The molecule has 1 rings (SSSR count). The van der Waals surface area contributed by atoms with Gasteiger partial charge in [-0.1, -0.05) is 13.0 Å². The Labute approximate surface area is 120 Å². The first-order valence-electron chi connectivity index (χ1n) is 7.03. The minimum Gasteiger partial charge on any atom is -0.329 e. The lowest BCUT2D eigenvalue weighted by Gasteiger charge is -2.30. The molecule has 1 unspecified atom stereocenters. The van der Waals surface area contributed by atoms with Crippen LogP contribution in [0.1, 0.15) is 24.9 Å². The molecule has 0 heterocycles. The first-order valence-corrected chi connectivity index (χ1v) is 7.03. The molecular formula is C15H25F2N3. The highest BCUT2D eigenvalue weighted by Gasteiger charge is 2.20. The Morgan fingerprint density at radius 1 is 1.20 bits per heavy atom. The molecular weight excluding hydrogens is 260 g/mol. The van der Waals surface area contributed by atoms with Crippen LogP contribution in [0.4, 0.5) is 8.78 Å². The molecule has 0 spiro atoms. The van der Waals surface area contributed by atoms with Gasteiger partial charge in [-0.2, -0.15) is 0 Å². The Balaban J connectivity index is 2.80. The van der Waals surface area contributed by atoms with Gasteiger partial charge >= 0.3 is 0 Å². The van der Waals surface area contributed by atoms with Gasteiger partial charge in [0.05, 0.1) is 0 Å². The van der Waals surface area contributed by atoms with Crippen molar-refractivity contribution in [3.8, 4) is 0 Å². The second-order valence-electron chi connectivity index (χ2n) is 5.20. The average molecular weight is 285 g/mol. The van der Waals surface area contributed by atoms with Gasteiger partial charge in [0.25, 0.3) is 0 Å². The van der Waals surface area contributed by atoms with Crippen molar-refractivity contribution in [2.45, 2.75) is 19.4 Å². The zero-order chi connectivity index (χ0) is 15.1.